The van der Waals surface area contributed by atoms with E-state index in [9.17, 15) is 0 Å². The quantitative estimate of drug-likeness (QED) is 0.782. The summed E-state index contributed by atoms with van der Waals surface area (Å²) in [5.41, 5.74) is 2.67. The van der Waals surface area contributed by atoms with Gasteiger partial charge in [-0.1, -0.05) is 22.9 Å². The summed E-state index contributed by atoms with van der Waals surface area (Å²) in [6.07, 6.45) is 3.48. The van der Waals surface area contributed by atoms with Gasteiger partial charge in [0.25, 0.3) is 0 Å². The third kappa shape index (κ3) is 4.44. The van der Waals surface area contributed by atoms with E-state index in [-0.39, 0.29) is 5.60 Å². The van der Waals surface area contributed by atoms with Gasteiger partial charge in [0.15, 0.2) is 0 Å². The Kier molecular flexibility index (Phi) is 6.08. The molecule has 0 amide bonds. The molecule has 1 aliphatic heterocycles. The smallest absolute Gasteiger partial charge is 0.0825 e. The van der Waals surface area contributed by atoms with Crippen molar-refractivity contribution < 1.29 is 4.74 Å². The van der Waals surface area contributed by atoms with Crippen LogP contribution < -0.4 is 10.2 Å². The maximum atomic E-state index is 5.73. The number of methoxy groups -OCH3 is 1. The van der Waals surface area contributed by atoms with Crippen LogP contribution in [0.1, 0.15) is 38.7 Å². The highest BCUT2D eigenvalue weighted by atomic mass is 79.9. The number of nitrogens with zero attached hydrogens (tertiary/aromatic N) is 1. The molecule has 2 rings (SSSR count). The van der Waals surface area contributed by atoms with Crippen LogP contribution in [-0.2, 0) is 11.3 Å². The van der Waals surface area contributed by atoms with Crippen LogP contribution in [-0.4, -0.2) is 32.3 Å². The van der Waals surface area contributed by atoms with Gasteiger partial charge in [0.2, 0.25) is 0 Å². The van der Waals surface area contributed by atoms with E-state index in [0.29, 0.717) is 0 Å². The molecule has 1 aromatic carbocycles. The first-order valence-electron chi connectivity index (χ1n) is 7.87. The number of ether oxygens (including phenoxy) is 1. The Balaban J connectivity index is 2.17. The standard InChI is InChI=1S/C17H27BrN2O/c1-4-9-19-12-14-11-15(18)6-7-16(14)20-10-5-8-17(2,13-20)21-3/h6-7,11,19H,4-5,8-10,12-13H2,1-3H3. The van der Waals surface area contributed by atoms with Gasteiger partial charge in [-0.25, -0.2) is 0 Å². The van der Waals surface area contributed by atoms with Crippen molar-refractivity contribution in [2.24, 2.45) is 0 Å². The first-order chi connectivity index (χ1) is 10.1. The molecule has 0 radical (unpaired) electrons. The molecule has 0 aromatic heterocycles. The average Bonchev–Trinajstić information content (AvgIpc) is 2.48. The average molecular weight is 355 g/mol. The van der Waals surface area contributed by atoms with Crippen molar-refractivity contribution in [1.29, 1.82) is 0 Å². The Bertz CT molecular complexity index is 466. The highest BCUT2D eigenvalue weighted by molar-refractivity contribution is 9.10. The van der Waals surface area contributed by atoms with Crippen LogP contribution in [0.25, 0.3) is 0 Å². The summed E-state index contributed by atoms with van der Waals surface area (Å²) < 4.78 is 6.87. The minimum absolute atomic E-state index is 0.0283. The van der Waals surface area contributed by atoms with E-state index in [1.165, 1.54) is 17.7 Å². The third-order valence-electron chi connectivity index (χ3n) is 4.28. The predicted octanol–water partition coefficient (Wildman–Crippen LogP) is 3.95. The molecule has 1 unspecified atom stereocenters. The summed E-state index contributed by atoms with van der Waals surface area (Å²) in [5.74, 6) is 0. The number of nitrogens with one attached hydrogen (secondary N) is 1. The summed E-state index contributed by atoms with van der Waals surface area (Å²) in [4.78, 5) is 2.47. The lowest BCUT2D eigenvalue weighted by molar-refractivity contribution is -0.00468. The van der Waals surface area contributed by atoms with E-state index in [1.54, 1.807) is 0 Å². The second-order valence-corrected chi connectivity index (χ2v) is 7.04. The summed E-state index contributed by atoms with van der Waals surface area (Å²) in [5, 5.41) is 3.51. The molecule has 4 heteroatoms. The van der Waals surface area contributed by atoms with E-state index >= 15 is 0 Å². The molecule has 118 valence electrons. The van der Waals surface area contributed by atoms with Crippen LogP contribution in [0.2, 0.25) is 0 Å². The van der Waals surface area contributed by atoms with Crippen molar-refractivity contribution in [3.8, 4) is 0 Å². The molecule has 1 atom stereocenters. The molecule has 1 heterocycles. The van der Waals surface area contributed by atoms with E-state index in [2.05, 4.69) is 58.2 Å². The van der Waals surface area contributed by atoms with Gasteiger partial charge in [0, 0.05) is 36.9 Å². The molecule has 0 bridgehead atoms. The number of hydrogen-bond acceptors (Lipinski definition) is 3. The maximum absolute atomic E-state index is 5.73. The summed E-state index contributed by atoms with van der Waals surface area (Å²) in [6, 6.07) is 6.60. The minimum atomic E-state index is -0.0283. The molecule has 0 saturated carbocycles. The van der Waals surface area contributed by atoms with Crippen LogP contribution in [0.4, 0.5) is 5.69 Å². The van der Waals surface area contributed by atoms with E-state index in [0.717, 1.165) is 43.5 Å². The lowest BCUT2D eigenvalue weighted by Gasteiger charge is -2.41. The number of benzene rings is 1. The number of piperidine rings is 1. The molecule has 21 heavy (non-hydrogen) atoms. The lowest BCUT2D eigenvalue weighted by Crippen LogP contribution is -2.47. The fraction of sp³-hybridized carbons (Fsp3) is 0.647. The van der Waals surface area contributed by atoms with Gasteiger partial charge in [-0.05, 0) is 56.5 Å². The van der Waals surface area contributed by atoms with Gasteiger partial charge in [0.05, 0.1) is 5.60 Å². The molecule has 0 spiro atoms. The highest BCUT2D eigenvalue weighted by Crippen LogP contribution is 2.31. The van der Waals surface area contributed by atoms with Gasteiger partial charge < -0.3 is 15.0 Å². The van der Waals surface area contributed by atoms with Crippen molar-refractivity contribution in [2.45, 2.75) is 45.3 Å². The zero-order valence-corrected chi connectivity index (χ0v) is 15.0. The molecular weight excluding hydrogens is 328 g/mol. The molecule has 0 aliphatic carbocycles. The van der Waals surface area contributed by atoms with Crippen LogP contribution in [0, 0.1) is 0 Å². The maximum Gasteiger partial charge on any atom is 0.0825 e. The minimum Gasteiger partial charge on any atom is -0.377 e. The summed E-state index contributed by atoms with van der Waals surface area (Å²) >= 11 is 3.59. The van der Waals surface area contributed by atoms with Gasteiger partial charge in [-0.2, -0.15) is 0 Å². The number of halogens is 1. The van der Waals surface area contributed by atoms with Gasteiger partial charge in [0.1, 0.15) is 0 Å². The molecule has 1 aromatic rings. The third-order valence-corrected chi connectivity index (χ3v) is 4.77. The molecular formula is C17H27BrN2O. The highest BCUT2D eigenvalue weighted by Gasteiger charge is 2.31. The zero-order chi connectivity index (χ0) is 15.3. The zero-order valence-electron chi connectivity index (χ0n) is 13.4. The van der Waals surface area contributed by atoms with Gasteiger partial charge in [-0.15, -0.1) is 0 Å². The monoisotopic (exact) mass is 354 g/mol. The van der Waals surface area contributed by atoms with Gasteiger partial charge >= 0.3 is 0 Å². The van der Waals surface area contributed by atoms with E-state index < -0.39 is 0 Å². The Morgan fingerprint density at radius 3 is 2.95 bits per heavy atom. The number of hydrogen-bond donors (Lipinski definition) is 1. The van der Waals surface area contributed by atoms with Crippen molar-refractivity contribution in [1.82, 2.24) is 5.32 Å². The van der Waals surface area contributed by atoms with Crippen LogP contribution >= 0.6 is 15.9 Å². The van der Waals surface area contributed by atoms with Crippen LogP contribution in [0.15, 0.2) is 22.7 Å². The normalized spacial score (nSPS) is 22.6. The number of rotatable bonds is 6. The van der Waals surface area contributed by atoms with Crippen molar-refractivity contribution in [2.75, 3.05) is 31.6 Å². The molecule has 1 N–H and O–H groups in total. The Hall–Kier alpha value is -0.580. The first kappa shape index (κ1) is 16.8. The number of anilines is 1. The fourth-order valence-electron chi connectivity index (χ4n) is 2.98. The first-order valence-corrected chi connectivity index (χ1v) is 8.66. The van der Waals surface area contributed by atoms with Crippen molar-refractivity contribution in [3.63, 3.8) is 0 Å². The van der Waals surface area contributed by atoms with E-state index in [4.69, 9.17) is 4.74 Å². The SMILES string of the molecule is CCCNCc1cc(Br)ccc1N1CCCC(C)(OC)C1. The molecule has 1 saturated heterocycles. The second-order valence-electron chi connectivity index (χ2n) is 6.13. The van der Waals surface area contributed by atoms with Crippen molar-refractivity contribution >= 4 is 21.6 Å². The van der Waals surface area contributed by atoms with Crippen molar-refractivity contribution in [3.05, 3.63) is 28.2 Å². The lowest BCUT2D eigenvalue weighted by atomic mass is 9.94. The predicted molar refractivity (Wildman–Crippen MR) is 93.0 cm³/mol. The Labute approximate surface area is 137 Å². The Morgan fingerprint density at radius 2 is 2.24 bits per heavy atom. The molecule has 1 aliphatic rings. The van der Waals surface area contributed by atoms with Crippen LogP contribution in [0.5, 0.6) is 0 Å². The Morgan fingerprint density at radius 1 is 1.43 bits per heavy atom. The van der Waals surface area contributed by atoms with E-state index in [1.807, 2.05) is 7.11 Å². The second kappa shape index (κ2) is 7.61. The fourth-order valence-corrected chi connectivity index (χ4v) is 3.39. The largest absolute Gasteiger partial charge is 0.377 e. The van der Waals surface area contributed by atoms with Gasteiger partial charge in [-0.3, -0.25) is 0 Å². The molecule has 1 fully saturated rings. The summed E-state index contributed by atoms with van der Waals surface area (Å²) in [7, 11) is 1.83. The van der Waals surface area contributed by atoms with Crippen LogP contribution in [0.3, 0.4) is 0 Å². The molecule has 3 nitrogen and oxygen atoms in total. The summed E-state index contributed by atoms with van der Waals surface area (Å²) in [6.45, 7) is 8.47. The topological polar surface area (TPSA) is 24.5 Å².